The Hall–Kier alpha value is -2.16. The van der Waals surface area contributed by atoms with Gasteiger partial charge in [0.05, 0.1) is 17.7 Å². The Morgan fingerprint density at radius 2 is 1.93 bits per heavy atom. The summed E-state index contributed by atoms with van der Waals surface area (Å²) in [5, 5.41) is 2.91. The van der Waals surface area contributed by atoms with Gasteiger partial charge in [0.1, 0.15) is 5.76 Å². The molecule has 1 unspecified atom stereocenters. The van der Waals surface area contributed by atoms with Crippen LogP contribution in [0.5, 0.6) is 0 Å². The number of amides is 1. The average molecular weight is 408 g/mol. The van der Waals surface area contributed by atoms with E-state index in [-0.39, 0.29) is 23.4 Å². The van der Waals surface area contributed by atoms with Crippen molar-refractivity contribution in [1.29, 1.82) is 0 Å². The second kappa shape index (κ2) is 9.86. The van der Waals surface area contributed by atoms with E-state index in [1.807, 2.05) is 0 Å². The maximum Gasteiger partial charge on any atom is 0.251 e. The number of rotatable bonds is 10. The van der Waals surface area contributed by atoms with E-state index < -0.39 is 10.0 Å². The molecule has 1 amide bonds. The first-order valence-electron chi connectivity index (χ1n) is 9.43. The Bertz CT molecular complexity index is 875. The summed E-state index contributed by atoms with van der Waals surface area (Å²) in [6.45, 7) is 10.4. The van der Waals surface area contributed by atoms with Crippen molar-refractivity contribution >= 4 is 15.9 Å². The first-order chi connectivity index (χ1) is 13.3. The van der Waals surface area contributed by atoms with Crippen molar-refractivity contribution in [3.05, 3.63) is 53.5 Å². The highest BCUT2D eigenvalue weighted by Crippen LogP contribution is 2.16. The monoisotopic (exact) mass is 407 g/mol. The molecule has 0 radical (unpaired) electrons. The number of nitrogens with one attached hydrogen (secondary N) is 2. The molecule has 2 N–H and O–H groups in total. The molecule has 0 saturated carbocycles. The van der Waals surface area contributed by atoms with Crippen LogP contribution in [-0.2, 0) is 16.6 Å². The Balaban J connectivity index is 2.10. The molecule has 1 heterocycles. The molecule has 28 heavy (non-hydrogen) atoms. The van der Waals surface area contributed by atoms with Gasteiger partial charge in [0.2, 0.25) is 10.0 Å². The van der Waals surface area contributed by atoms with Crippen LogP contribution in [0, 0.1) is 6.92 Å². The molecule has 1 atom stereocenters. The quantitative estimate of drug-likeness (QED) is 0.631. The molecule has 0 aliphatic heterocycles. The van der Waals surface area contributed by atoms with Gasteiger partial charge in [0.15, 0.2) is 0 Å². The molecular formula is C20H29N3O4S. The highest BCUT2D eigenvalue weighted by molar-refractivity contribution is 7.89. The van der Waals surface area contributed by atoms with Crippen LogP contribution >= 0.6 is 0 Å². The predicted molar refractivity (Wildman–Crippen MR) is 109 cm³/mol. The molecule has 2 aromatic rings. The van der Waals surface area contributed by atoms with Crippen LogP contribution in [0.25, 0.3) is 0 Å². The summed E-state index contributed by atoms with van der Waals surface area (Å²) in [6, 6.07) is 8.13. The summed E-state index contributed by atoms with van der Waals surface area (Å²) in [4.78, 5) is 14.9. The van der Waals surface area contributed by atoms with Gasteiger partial charge >= 0.3 is 0 Å². The van der Waals surface area contributed by atoms with E-state index >= 15 is 0 Å². The third-order valence-electron chi connectivity index (χ3n) is 4.77. The maximum absolute atomic E-state index is 12.6. The van der Waals surface area contributed by atoms with Gasteiger partial charge in [-0.2, -0.15) is 0 Å². The minimum Gasteiger partial charge on any atom is -0.468 e. The third kappa shape index (κ3) is 5.67. The van der Waals surface area contributed by atoms with Crippen molar-refractivity contribution in [2.24, 2.45) is 0 Å². The van der Waals surface area contributed by atoms with Crippen molar-refractivity contribution < 1.29 is 17.6 Å². The van der Waals surface area contributed by atoms with Gasteiger partial charge < -0.3 is 9.73 Å². The molecule has 0 aliphatic rings. The largest absolute Gasteiger partial charge is 0.468 e. The number of hydrogen-bond acceptors (Lipinski definition) is 5. The van der Waals surface area contributed by atoms with Crippen LogP contribution in [0.1, 0.15) is 42.5 Å². The molecule has 8 heteroatoms. The van der Waals surface area contributed by atoms with E-state index in [4.69, 9.17) is 4.42 Å². The van der Waals surface area contributed by atoms with Crippen molar-refractivity contribution in [1.82, 2.24) is 14.9 Å². The van der Waals surface area contributed by atoms with Crippen LogP contribution in [0.2, 0.25) is 0 Å². The number of hydrogen-bond donors (Lipinski definition) is 2. The number of likely N-dealkylation sites (N-methyl/N-ethyl adjacent to an activating group) is 1. The summed E-state index contributed by atoms with van der Waals surface area (Å²) in [6.07, 6.45) is 1.48. The summed E-state index contributed by atoms with van der Waals surface area (Å²) in [5.74, 6) is 0.235. The van der Waals surface area contributed by atoms with E-state index in [0.717, 1.165) is 18.7 Å². The lowest BCUT2D eigenvalue weighted by molar-refractivity contribution is 0.0937. The molecule has 0 aliphatic carbocycles. The zero-order valence-electron chi connectivity index (χ0n) is 16.9. The molecule has 0 fully saturated rings. The Labute approximate surface area is 167 Å². The molecule has 0 saturated heterocycles. The number of nitrogens with zero attached hydrogens (tertiary/aromatic N) is 1. The number of aryl methyl sites for hydroxylation is 1. The molecule has 1 aromatic carbocycles. The van der Waals surface area contributed by atoms with E-state index in [9.17, 15) is 13.2 Å². The van der Waals surface area contributed by atoms with Gasteiger partial charge in [-0.3, -0.25) is 9.69 Å². The minimum absolute atomic E-state index is 0.0477. The minimum atomic E-state index is -3.76. The van der Waals surface area contributed by atoms with Crippen LogP contribution < -0.4 is 10.0 Å². The topological polar surface area (TPSA) is 91.7 Å². The molecular weight excluding hydrogens is 378 g/mol. The lowest BCUT2D eigenvalue weighted by atomic mass is 10.1. The number of sulfonamides is 1. The van der Waals surface area contributed by atoms with Gasteiger partial charge in [-0.1, -0.05) is 19.9 Å². The smallest absolute Gasteiger partial charge is 0.251 e. The fourth-order valence-corrected chi connectivity index (χ4v) is 4.01. The zero-order valence-corrected chi connectivity index (χ0v) is 17.7. The Morgan fingerprint density at radius 1 is 1.21 bits per heavy atom. The summed E-state index contributed by atoms with van der Waals surface area (Å²) in [5.41, 5.74) is 1.07. The fourth-order valence-electron chi connectivity index (χ4n) is 2.99. The first kappa shape index (κ1) is 22.1. The Kier molecular flexibility index (Phi) is 7.79. The van der Waals surface area contributed by atoms with Crippen molar-refractivity contribution in [2.45, 2.75) is 45.2 Å². The van der Waals surface area contributed by atoms with Gasteiger partial charge in [0, 0.05) is 18.2 Å². The standard InChI is InChI=1S/C20H29N3O4S/c1-5-23(6-2)16(4)13-21-20(24)19-12-18(10-9-15(19)3)28(25,26)22-14-17-8-7-11-27-17/h7-12,16,22H,5-6,13-14H2,1-4H3,(H,21,24). The number of carbonyl (C=O) groups excluding carboxylic acids is 1. The predicted octanol–water partition coefficient (Wildman–Crippen LogP) is 2.53. The molecule has 154 valence electrons. The lowest BCUT2D eigenvalue weighted by Crippen LogP contribution is -2.42. The average Bonchev–Trinajstić information content (AvgIpc) is 3.19. The lowest BCUT2D eigenvalue weighted by Gasteiger charge is -2.26. The zero-order chi connectivity index (χ0) is 20.7. The molecule has 0 spiro atoms. The van der Waals surface area contributed by atoms with Crippen LogP contribution in [-0.4, -0.2) is 44.9 Å². The molecule has 0 bridgehead atoms. The van der Waals surface area contributed by atoms with Gasteiger partial charge in [-0.05, 0) is 56.8 Å². The van der Waals surface area contributed by atoms with Crippen molar-refractivity contribution in [2.75, 3.05) is 19.6 Å². The Morgan fingerprint density at radius 3 is 2.54 bits per heavy atom. The normalized spacial score (nSPS) is 12.9. The van der Waals surface area contributed by atoms with E-state index in [2.05, 4.69) is 35.7 Å². The van der Waals surface area contributed by atoms with Crippen LogP contribution in [0.3, 0.4) is 0 Å². The second-order valence-electron chi connectivity index (χ2n) is 6.66. The fraction of sp³-hybridized carbons (Fsp3) is 0.450. The van der Waals surface area contributed by atoms with Crippen LogP contribution in [0.15, 0.2) is 45.9 Å². The number of furan rings is 1. The van der Waals surface area contributed by atoms with E-state index in [0.29, 0.717) is 17.9 Å². The van der Waals surface area contributed by atoms with E-state index in [1.165, 1.54) is 18.4 Å². The maximum atomic E-state index is 12.6. The van der Waals surface area contributed by atoms with E-state index in [1.54, 1.807) is 25.1 Å². The second-order valence-corrected chi connectivity index (χ2v) is 8.43. The summed E-state index contributed by atoms with van der Waals surface area (Å²) >= 11 is 0. The summed E-state index contributed by atoms with van der Waals surface area (Å²) in [7, 11) is -3.76. The molecule has 7 nitrogen and oxygen atoms in total. The van der Waals surface area contributed by atoms with Gasteiger partial charge in [-0.15, -0.1) is 0 Å². The number of carbonyl (C=O) groups is 1. The van der Waals surface area contributed by atoms with Crippen LogP contribution in [0.4, 0.5) is 0 Å². The highest BCUT2D eigenvalue weighted by Gasteiger charge is 2.19. The first-order valence-corrected chi connectivity index (χ1v) is 10.9. The summed E-state index contributed by atoms with van der Waals surface area (Å²) < 4.78 is 32.7. The van der Waals surface area contributed by atoms with Gasteiger partial charge in [0.25, 0.3) is 5.91 Å². The molecule has 2 rings (SSSR count). The number of benzene rings is 1. The highest BCUT2D eigenvalue weighted by atomic mass is 32.2. The SMILES string of the molecule is CCN(CC)C(C)CNC(=O)c1cc(S(=O)(=O)NCc2ccco2)ccc1C. The van der Waals surface area contributed by atoms with Crippen molar-refractivity contribution in [3.63, 3.8) is 0 Å². The van der Waals surface area contributed by atoms with Crippen molar-refractivity contribution in [3.8, 4) is 0 Å². The third-order valence-corrected chi connectivity index (χ3v) is 6.17. The van der Waals surface area contributed by atoms with Gasteiger partial charge in [-0.25, -0.2) is 13.1 Å². The molecule has 1 aromatic heterocycles.